The van der Waals surface area contributed by atoms with E-state index in [9.17, 15) is 14.4 Å². The third-order valence-electron chi connectivity index (χ3n) is 4.46. The highest BCUT2D eigenvalue weighted by Gasteiger charge is 2.41. The van der Waals surface area contributed by atoms with Crippen LogP contribution < -0.4 is 0 Å². The maximum Gasteiger partial charge on any atom is 0.329 e. The van der Waals surface area contributed by atoms with Crippen molar-refractivity contribution >= 4 is 29.4 Å². The number of aromatic nitrogens is 2. The number of fused-ring (bicyclic) bond motifs is 1. The van der Waals surface area contributed by atoms with Gasteiger partial charge in [0.25, 0.3) is 17.7 Å². The van der Waals surface area contributed by atoms with Crippen molar-refractivity contribution in [1.82, 2.24) is 15.0 Å². The molecule has 4 rings (SSSR count). The van der Waals surface area contributed by atoms with Crippen molar-refractivity contribution in [3.8, 4) is 11.4 Å². The number of esters is 1. The molecular formula is C20H14ClN3O5. The van der Waals surface area contributed by atoms with E-state index < -0.39 is 23.8 Å². The number of carbonyl (C=O) groups excluding carboxylic acids is 3. The van der Waals surface area contributed by atoms with Crippen LogP contribution in [0.25, 0.3) is 11.4 Å². The predicted molar refractivity (Wildman–Crippen MR) is 101 cm³/mol. The predicted octanol–water partition coefficient (Wildman–Crippen LogP) is 3.12. The number of hydrogen-bond acceptors (Lipinski definition) is 7. The van der Waals surface area contributed by atoms with E-state index in [1.54, 1.807) is 48.5 Å². The van der Waals surface area contributed by atoms with E-state index in [-0.39, 0.29) is 23.6 Å². The number of amides is 2. The Hall–Kier alpha value is -3.52. The number of benzene rings is 2. The number of imide groups is 1. The summed E-state index contributed by atoms with van der Waals surface area (Å²) < 4.78 is 10.2. The summed E-state index contributed by atoms with van der Waals surface area (Å²) in [7, 11) is 0. The van der Waals surface area contributed by atoms with Crippen molar-refractivity contribution in [2.45, 2.75) is 19.6 Å². The van der Waals surface area contributed by atoms with Crippen LogP contribution in [0.1, 0.15) is 33.5 Å². The highest BCUT2D eigenvalue weighted by atomic mass is 35.5. The lowest BCUT2D eigenvalue weighted by Crippen LogP contribution is -2.43. The molecule has 0 aliphatic carbocycles. The number of carbonyl (C=O) groups is 3. The van der Waals surface area contributed by atoms with Gasteiger partial charge in [-0.05, 0) is 43.3 Å². The van der Waals surface area contributed by atoms with E-state index in [1.807, 2.05) is 0 Å². The topological polar surface area (TPSA) is 103 Å². The lowest BCUT2D eigenvalue weighted by Gasteiger charge is -2.20. The Labute approximate surface area is 170 Å². The zero-order chi connectivity index (χ0) is 20.5. The second kappa shape index (κ2) is 7.48. The van der Waals surface area contributed by atoms with Crippen molar-refractivity contribution in [3.63, 3.8) is 0 Å². The summed E-state index contributed by atoms with van der Waals surface area (Å²) in [5.41, 5.74) is 1.22. The molecule has 0 fully saturated rings. The fourth-order valence-corrected chi connectivity index (χ4v) is 3.07. The van der Waals surface area contributed by atoms with Gasteiger partial charge in [0.15, 0.2) is 6.61 Å². The smallest absolute Gasteiger partial charge is 0.329 e. The van der Waals surface area contributed by atoms with Gasteiger partial charge >= 0.3 is 5.97 Å². The number of halogens is 1. The Morgan fingerprint density at radius 1 is 1.10 bits per heavy atom. The summed E-state index contributed by atoms with van der Waals surface area (Å²) in [6, 6.07) is 12.2. The monoisotopic (exact) mass is 411 g/mol. The third-order valence-corrected chi connectivity index (χ3v) is 4.71. The fourth-order valence-electron chi connectivity index (χ4n) is 2.95. The zero-order valence-corrected chi connectivity index (χ0v) is 15.9. The minimum atomic E-state index is -1.10. The van der Waals surface area contributed by atoms with Crippen LogP contribution >= 0.6 is 11.6 Å². The molecule has 2 amide bonds. The highest BCUT2D eigenvalue weighted by Crippen LogP contribution is 2.25. The molecule has 3 aromatic rings. The standard InChI is InChI=1S/C20H14ClN3O5/c1-11(24-18(25)14-4-2-3-5-15(14)19(24)26)20(27)28-10-16-22-17(23-29-16)12-6-8-13(21)9-7-12/h2-9,11H,10H2,1H3/t11-/m0/s1. The summed E-state index contributed by atoms with van der Waals surface area (Å²) in [6.07, 6.45) is 0. The number of hydrogen-bond donors (Lipinski definition) is 0. The van der Waals surface area contributed by atoms with Crippen LogP contribution in [0, 0.1) is 0 Å². The van der Waals surface area contributed by atoms with Crippen LogP contribution in [-0.2, 0) is 16.1 Å². The number of nitrogens with zero attached hydrogens (tertiary/aromatic N) is 3. The summed E-state index contributed by atoms with van der Waals surface area (Å²) >= 11 is 5.85. The van der Waals surface area contributed by atoms with Gasteiger partial charge in [0.2, 0.25) is 5.82 Å². The highest BCUT2D eigenvalue weighted by molar-refractivity contribution is 6.30. The van der Waals surface area contributed by atoms with E-state index in [2.05, 4.69) is 10.1 Å². The van der Waals surface area contributed by atoms with Crippen LogP contribution in [0.4, 0.5) is 0 Å². The molecule has 8 nitrogen and oxygen atoms in total. The van der Waals surface area contributed by atoms with Crippen LogP contribution in [-0.4, -0.2) is 38.9 Å². The lowest BCUT2D eigenvalue weighted by molar-refractivity contribution is -0.149. The van der Waals surface area contributed by atoms with Gasteiger partial charge < -0.3 is 9.26 Å². The van der Waals surface area contributed by atoms with E-state index in [0.717, 1.165) is 4.90 Å². The SMILES string of the molecule is C[C@@H](C(=O)OCc1nc(-c2ccc(Cl)cc2)no1)N1C(=O)c2ccccc2C1=O. The van der Waals surface area contributed by atoms with Gasteiger partial charge in [0.05, 0.1) is 11.1 Å². The quantitative estimate of drug-likeness (QED) is 0.469. The molecule has 0 bridgehead atoms. The molecule has 9 heteroatoms. The molecule has 0 radical (unpaired) electrons. The molecule has 1 aliphatic rings. The van der Waals surface area contributed by atoms with E-state index in [0.29, 0.717) is 16.4 Å². The molecule has 2 aromatic carbocycles. The van der Waals surface area contributed by atoms with Crippen LogP contribution in [0.2, 0.25) is 5.02 Å². The molecule has 2 heterocycles. The van der Waals surface area contributed by atoms with Gasteiger partial charge in [-0.25, -0.2) is 4.79 Å². The molecule has 0 saturated heterocycles. The lowest BCUT2D eigenvalue weighted by atomic mass is 10.1. The normalized spacial score (nSPS) is 14.1. The minimum absolute atomic E-state index is 0.0814. The molecule has 29 heavy (non-hydrogen) atoms. The average molecular weight is 412 g/mol. The van der Waals surface area contributed by atoms with Gasteiger partial charge in [0, 0.05) is 10.6 Å². The van der Waals surface area contributed by atoms with Crippen LogP contribution in [0.15, 0.2) is 53.1 Å². The van der Waals surface area contributed by atoms with Crippen LogP contribution in [0.5, 0.6) is 0 Å². The number of ether oxygens (including phenoxy) is 1. The van der Waals surface area contributed by atoms with Crippen molar-refractivity contribution in [2.24, 2.45) is 0 Å². The van der Waals surface area contributed by atoms with E-state index >= 15 is 0 Å². The number of rotatable bonds is 5. The molecule has 146 valence electrons. The Morgan fingerprint density at radius 3 is 2.34 bits per heavy atom. The molecule has 0 spiro atoms. The van der Waals surface area contributed by atoms with Gasteiger partial charge in [0.1, 0.15) is 6.04 Å². The Bertz CT molecular complexity index is 1070. The van der Waals surface area contributed by atoms with E-state index in [4.69, 9.17) is 20.9 Å². The average Bonchev–Trinajstić information content (AvgIpc) is 3.30. The summed E-state index contributed by atoms with van der Waals surface area (Å²) in [5, 5.41) is 4.41. The summed E-state index contributed by atoms with van der Waals surface area (Å²) in [5.74, 6) is -1.42. The summed E-state index contributed by atoms with van der Waals surface area (Å²) in [4.78, 5) is 42.3. The van der Waals surface area contributed by atoms with Crippen molar-refractivity contribution in [1.29, 1.82) is 0 Å². The van der Waals surface area contributed by atoms with Crippen molar-refractivity contribution in [3.05, 3.63) is 70.6 Å². The maximum absolute atomic E-state index is 12.5. The Kier molecular flexibility index (Phi) is 4.85. The second-order valence-electron chi connectivity index (χ2n) is 6.33. The van der Waals surface area contributed by atoms with Gasteiger partial charge in [-0.1, -0.05) is 28.9 Å². The Morgan fingerprint density at radius 2 is 1.72 bits per heavy atom. The Balaban J connectivity index is 1.41. The third kappa shape index (κ3) is 3.50. The van der Waals surface area contributed by atoms with E-state index in [1.165, 1.54) is 6.92 Å². The second-order valence-corrected chi connectivity index (χ2v) is 6.76. The van der Waals surface area contributed by atoms with Crippen molar-refractivity contribution in [2.75, 3.05) is 0 Å². The molecular weight excluding hydrogens is 398 g/mol. The molecule has 1 aromatic heterocycles. The molecule has 0 unspecified atom stereocenters. The fraction of sp³-hybridized carbons (Fsp3) is 0.150. The first-order valence-electron chi connectivity index (χ1n) is 8.68. The molecule has 1 aliphatic heterocycles. The van der Waals surface area contributed by atoms with Gasteiger partial charge in [-0.3, -0.25) is 14.5 Å². The maximum atomic E-state index is 12.5. The van der Waals surface area contributed by atoms with Gasteiger partial charge in [-0.15, -0.1) is 0 Å². The minimum Gasteiger partial charge on any atom is -0.454 e. The largest absolute Gasteiger partial charge is 0.454 e. The first kappa shape index (κ1) is 18.8. The first-order valence-corrected chi connectivity index (χ1v) is 9.05. The molecule has 0 N–H and O–H groups in total. The molecule has 0 saturated carbocycles. The van der Waals surface area contributed by atoms with Crippen molar-refractivity contribution < 1.29 is 23.6 Å². The molecule has 1 atom stereocenters. The van der Waals surface area contributed by atoms with Gasteiger partial charge in [-0.2, -0.15) is 4.98 Å². The summed E-state index contributed by atoms with van der Waals surface area (Å²) in [6.45, 7) is 1.14. The first-order chi connectivity index (χ1) is 14.0. The van der Waals surface area contributed by atoms with Crippen LogP contribution in [0.3, 0.4) is 0 Å². The zero-order valence-electron chi connectivity index (χ0n) is 15.2.